The molecule has 0 fully saturated rings. The van der Waals surface area contributed by atoms with E-state index in [2.05, 4.69) is 10.3 Å². The molecule has 1 heterocycles. The SMILES string of the molecule is CC(C)CNC(=O)c1c[nH]c(=O)c(C(=O)N(C)Cc2ccccc2)c1. The molecule has 0 radical (unpaired) electrons. The molecule has 2 aromatic rings. The van der Waals surface area contributed by atoms with Gasteiger partial charge in [0.25, 0.3) is 17.4 Å². The van der Waals surface area contributed by atoms with Gasteiger partial charge in [0.05, 0.1) is 5.56 Å². The summed E-state index contributed by atoms with van der Waals surface area (Å²) in [7, 11) is 1.63. The van der Waals surface area contributed by atoms with Crippen molar-refractivity contribution >= 4 is 11.8 Å². The van der Waals surface area contributed by atoms with Gasteiger partial charge in [-0.2, -0.15) is 0 Å². The van der Waals surface area contributed by atoms with E-state index in [4.69, 9.17) is 0 Å². The first-order chi connectivity index (χ1) is 11.9. The number of amides is 2. The third-order valence-electron chi connectivity index (χ3n) is 3.68. The van der Waals surface area contributed by atoms with E-state index in [1.807, 2.05) is 44.2 Å². The second kappa shape index (κ2) is 8.28. The molecule has 0 bridgehead atoms. The molecule has 0 spiro atoms. The lowest BCUT2D eigenvalue weighted by Crippen LogP contribution is -2.33. The lowest BCUT2D eigenvalue weighted by Gasteiger charge is -2.17. The molecule has 0 unspecified atom stereocenters. The first-order valence-corrected chi connectivity index (χ1v) is 8.18. The number of aromatic nitrogens is 1. The minimum atomic E-state index is -0.509. The fourth-order valence-electron chi connectivity index (χ4n) is 2.31. The van der Waals surface area contributed by atoms with Gasteiger partial charge in [0.15, 0.2) is 0 Å². The van der Waals surface area contributed by atoms with Gasteiger partial charge in [-0.3, -0.25) is 14.4 Å². The van der Waals surface area contributed by atoms with Crippen molar-refractivity contribution in [2.75, 3.05) is 13.6 Å². The molecule has 2 N–H and O–H groups in total. The van der Waals surface area contributed by atoms with Crippen molar-refractivity contribution in [2.24, 2.45) is 5.92 Å². The van der Waals surface area contributed by atoms with Gasteiger partial charge in [0, 0.05) is 26.3 Å². The van der Waals surface area contributed by atoms with Gasteiger partial charge >= 0.3 is 0 Å². The van der Waals surface area contributed by atoms with E-state index in [9.17, 15) is 14.4 Å². The lowest BCUT2D eigenvalue weighted by atomic mass is 10.1. The highest BCUT2D eigenvalue weighted by Crippen LogP contribution is 2.07. The fraction of sp³-hybridized carbons (Fsp3) is 0.316. The molecule has 6 heteroatoms. The minimum absolute atomic E-state index is 0.0457. The number of benzene rings is 1. The largest absolute Gasteiger partial charge is 0.352 e. The van der Waals surface area contributed by atoms with Crippen molar-refractivity contribution in [2.45, 2.75) is 20.4 Å². The number of nitrogens with one attached hydrogen (secondary N) is 2. The van der Waals surface area contributed by atoms with Gasteiger partial charge in [-0.1, -0.05) is 44.2 Å². The molecule has 132 valence electrons. The van der Waals surface area contributed by atoms with E-state index >= 15 is 0 Å². The molecule has 25 heavy (non-hydrogen) atoms. The molecule has 0 saturated heterocycles. The second-order valence-electron chi connectivity index (χ2n) is 6.38. The van der Waals surface area contributed by atoms with Gasteiger partial charge in [-0.15, -0.1) is 0 Å². The quantitative estimate of drug-likeness (QED) is 0.843. The summed E-state index contributed by atoms with van der Waals surface area (Å²) in [4.78, 5) is 40.7. The topological polar surface area (TPSA) is 82.3 Å². The molecule has 2 amide bonds. The van der Waals surface area contributed by atoms with Crippen LogP contribution < -0.4 is 10.9 Å². The van der Waals surface area contributed by atoms with Crippen LogP contribution in [0.25, 0.3) is 0 Å². The summed E-state index contributed by atoms with van der Waals surface area (Å²) in [6.45, 7) is 4.87. The third-order valence-corrected chi connectivity index (χ3v) is 3.68. The predicted molar refractivity (Wildman–Crippen MR) is 96.5 cm³/mol. The monoisotopic (exact) mass is 341 g/mol. The highest BCUT2D eigenvalue weighted by molar-refractivity contribution is 5.99. The van der Waals surface area contributed by atoms with Crippen LogP contribution in [0.1, 0.15) is 40.1 Å². The Morgan fingerprint density at radius 1 is 1.20 bits per heavy atom. The zero-order valence-electron chi connectivity index (χ0n) is 14.7. The summed E-state index contributed by atoms with van der Waals surface area (Å²) in [5, 5.41) is 2.77. The van der Waals surface area contributed by atoms with Crippen LogP contribution in [0, 0.1) is 5.92 Å². The van der Waals surface area contributed by atoms with Gasteiger partial charge in [-0.05, 0) is 17.5 Å². The summed E-state index contributed by atoms with van der Waals surface area (Å²) < 4.78 is 0. The zero-order valence-corrected chi connectivity index (χ0v) is 14.7. The smallest absolute Gasteiger partial charge is 0.260 e. The van der Waals surface area contributed by atoms with E-state index in [1.54, 1.807) is 7.05 Å². The molecular formula is C19H23N3O3. The predicted octanol–water partition coefficient (Wildman–Crippen LogP) is 2.03. The van der Waals surface area contributed by atoms with Gasteiger partial charge in [-0.25, -0.2) is 0 Å². The van der Waals surface area contributed by atoms with Crippen LogP contribution >= 0.6 is 0 Å². The fourth-order valence-corrected chi connectivity index (χ4v) is 2.31. The van der Waals surface area contributed by atoms with E-state index in [-0.39, 0.29) is 17.0 Å². The lowest BCUT2D eigenvalue weighted by molar-refractivity contribution is 0.0783. The zero-order chi connectivity index (χ0) is 18.4. The Morgan fingerprint density at radius 3 is 2.52 bits per heavy atom. The maximum Gasteiger partial charge on any atom is 0.260 e. The van der Waals surface area contributed by atoms with Crippen molar-refractivity contribution in [1.29, 1.82) is 0 Å². The molecular weight excluding hydrogens is 318 g/mol. The number of nitrogens with zero attached hydrogens (tertiary/aromatic N) is 1. The molecule has 1 aromatic heterocycles. The summed E-state index contributed by atoms with van der Waals surface area (Å²) in [6.07, 6.45) is 1.33. The first-order valence-electron chi connectivity index (χ1n) is 8.18. The van der Waals surface area contributed by atoms with Crippen LogP contribution in [-0.2, 0) is 6.54 Å². The van der Waals surface area contributed by atoms with E-state index in [1.165, 1.54) is 17.2 Å². The number of carbonyl (C=O) groups is 2. The Kier molecular flexibility index (Phi) is 6.11. The van der Waals surface area contributed by atoms with E-state index in [0.717, 1.165) is 5.56 Å². The highest BCUT2D eigenvalue weighted by atomic mass is 16.2. The van der Waals surface area contributed by atoms with Crippen molar-refractivity contribution < 1.29 is 9.59 Å². The van der Waals surface area contributed by atoms with Crippen molar-refractivity contribution in [3.05, 3.63) is 69.6 Å². The van der Waals surface area contributed by atoms with Crippen LogP contribution in [-0.4, -0.2) is 35.3 Å². The maximum atomic E-state index is 12.6. The van der Waals surface area contributed by atoms with E-state index in [0.29, 0.717) is 19.0 Å². The Labute approximate surface area is 146 Å². The van der Waals surface area contributed by atoms with Crippen molar-refractivity contribution in [3.63, 3.8) is 0 Å². The number of aromatic amines is 1. The van der Waals surface area contributed by atoms with Crippen molar-refractivity contribution in [1.82, 2.24) is 15.2 Å². The Morgan fingerprint density at radius 2 is 1.88 bits per heavy atom. The first kappa shape index (κ1) is 18.4. The van der Waals surface area contributed by atoms with E-state index < -0.39 is 11.5 Å². The third kappa shape index (κ3) is 5.04. The number of H-pyrrole nitrogens is 1. The summed E-state index contributed by atoms with van der Waals surface area (Å²) >= 11 is 0. The number of carbonyl (C=O) groups excluding carboxylic acids is 2. The normalized spacial score (nSPS) is 10.6. The average Bonchev–Trinajstić information content (AvgIpc) is 2.60. The molecule has 0 aliphatic rings. The molecule has 1 aromatic carbocycles. The average molecular weight is 341 g/mol. The van der Waals surface area contributed by atoms with Gasteiger partial charge in [0.1, 0.15) is 5.56 Å². The standard InChI is InChI=1S/C19H23N3O3/c1-13(2)10-20-17(23)15-9-16(18(24)21-11-15)19(25)22(3)12-14-7-5-4-6-8-14/h4-9,11,13H,10,12H2,1-3H3,(H,20,23)(H,21,24). The molecule has 0 atom stereocenters. The minimum Gasteiger partial charge on any atom is -0.352 e. The number of hydrogen-bond acceptors (Lipinski definition) is 3. The highest BCUT2D eigenvalue weighted by Gasteiger charge is 2.18. The van der Waals surface area contributed by atoms with Crippen LogP contribution in [0.3, 0.4) is 0 Å². The molecule has 0 aliphatic carbocycles. The molecule has 6 nitrogen and oxygen atoms in total. The maximum absolute atomic E-state index is 12.6. The number of pyridine rings is 1. The van der Waals surface area contributed by atoms with Crippen LogP contribution in [0.2, 0.25) is 0 Å². The summed E-state index contributed by atoms with van der Waals surface area (Å²) in [5.41, 5.74) is 0.665. The molecule has 0 aliphatic heterocycles. The summed E-state index contributed by atoms with van der Waals surface area (Å²) in [5.74, 6) is -0.432. The van der Waals surface area contributed by atoms with Crippen LogP contribution in [0.4, 0.5) is 0 Å². The Bertz CT molecular complexity index is 797. The van der Waals surface area contributed by atoms with Gasteiger partial charge < -0.3 is 15.2 Å². The Balaban J connectivity index is 2.17. The second-order valence-corrected chi connectivity index (χ2v) is 6.38. The number of hydrogen-bond donors (Lipinski definition) is 2. The van der Waals surface area contributed by atoms with Crippen LogP contribution in [0.15, 0.2) is 47.4 Å². The molecule has 2 rings (SSSR count). The Hall–Kier alpha value is -2.89. The molecule has 0 saturated carbocycles. The van der Waals surface area contributed by atoms with Crippen LogP contribution in [0.5, 0.6) is 0 Å². The number of rotatable bonds is 6. The summed E-state index contributed by atoms with van der Waals surface area (Å²) in [6, 6.07) is 10.8. The van der Waals surface area contributed by atoms with Crippen molar-refractivity contribution in [3.8, 4) is 0 Å². The van der Waals surface area contributed by atoms with Gasteiger partial charge in [0.2, 0.25) is 0 Å².